The van der Waals surface area contributed by atoms with Gasteiger partial charge in [-0.3, -0.25) is 4.99 Å². The average Bonchev–Trinajstić information content (AvgIpc) is 3.20. The van der Waals surface area contributed by atoms with Gasteiger partial charge in [0, 0.05) is 38.2 Å². The van der Waals surface area contributed by atoms with Gasteiger partial charge in [0.15, 0.2) is 5.96 Å². The molecule has 2 saturated heterocycles. The van der Waals surface area contributed by atoms with Crippen LogP contribution >= 0.6 is 0 Å². The molecule has 0 radical (unpaired) electrons. The number of nitrogens with zero attached hydrogens (tertiary/aromatic N) is 3. The maximum atomic E-state index is 5.64. The molecule has 2 rings (SSSR count). The first-order chi connectivity index (χ1) is 11.2. The molecule has 0 aromatic heterocycles. The number of nitrogens with one attached hydrogen (secondary N) is 1. The molecule has 134 valence electrons. The molecule has 1 atom stereocenters. The van der Waals surface area contributed by atoms with E-state index in [1.807, 2.05) is 0 Å². The third kappa shape index (κ3) is 5.35. The van der Waals surface area contributed by atoms with Gasteiger partial charge < -0.3 is 19.9 Å². The van der Waals surface area contributed by atoms with Crippen molar-refractivity contribution in [2.75, 3.05) is 59.0 Å². The van der Waals surface area contributed by atoms with E-state index < -0.39 is 0 Å². The monoisotopic (exact) mass is 324 g/mol. The molecule has 0 aromatic rings. The topological polar surface area (TPSA) is 40.1 Å². The molecule has 5 heteroatoms. The molecule has 1 spiro atoms. The van der Waals surface area contributed by atoms with Crippen molar-refractivity contribution in [3.8, 4) is 0 Å². The van der Waals surface area contributed by atoms with Gasteiger partial charge in [-0.25, -0.2) is 0 Å². The molecule has 5 nitrogen and oxygen atoms in total. The van der Waals surface area contributed by atoms with Crippen LogP contribution in [0.3, 0.4) is 0 Å². The van der Waals surface area contributed by atoms with E-state index in [1.165, 1.54) is 32.2 Å². The van der Waals surface area contributed by atoms with Crippen molar-refractivity contribution < 1.29 is 4.74 Å². The van der Waals surface area contributed by atoms with Gasteiger partial charge in [0.1, 0.15) is 0 Å². The highest BCUT2D eigenvalue weighted by atomic mass is 16.5. The predicted molar refractivity (Wildman–Crippen MR) is 97.1 cm³/mol. The maximum Gasteiger partial charge on any atom is 0.193 e. The summed E-state index contributed by atoms with van der Waals surface area (Å²) < 4.78 is 5.64. The number of likely N-dealkylation sites (tertiary alicyclic amines) is 1. The molecule has 1 N–H and O–H groups in total. The minimum atomic E-state index is 0.402. The second-order valence-electron chi connectivity index (χ2n) is 6.94. The molecule has 0 aliphatic carbocycles. The van der Waals surface area contributed by atoms with Gasteiger partial charge in [0.25, 0.3) is 0 Å². The van der Waals surface area contributed by atoms with Crippen molar-refractivity contribution in [3.05, 3.63) is 0 Å². The zero-order valence-corrected chi connectivity index (χ0v) is 15.4. The minimum absolute atomic E-state index is 0.402. The van der Waals surface area contributed by atoms with Gasteiger partial charge in [-0.1, -0.05) is 13.8 Å². The number of unbranched alkanes of at least 4 members (excludes halogenated alkanes) is 1. The van der Waals surface area contributed by atoms with Crippen LogP contribution in [0.15, 0.2) is 4.99 Å². The predicted octanol–water partition coefficient (Wildman–Crippen LogP) is 2.19. The first kappa shape index (κ1) is 18.5. The van der Waals surface area contributed by atoms with Crippen molar-refractivity contribution in [2.45, 2.75) is 46.5 Å². The van der Waals surface area contributed by atoms with Crippen LogP contribution in [0.25, 0.3) is 0 Å². The van der Waals surface area contributed by atoms with Gasteiger partial charge >= 0.3 is 0 Å². The Bertz CT molecular complexity index is 362. The van der Waals surface area contributed by atoms with E-state index in [0.717, 1.165) is 58.4 Å². The third-order valence-electron chi connectivity index (χ3n) is 5.30. The Morgan fingerprint density at radius 2 is 2.04 bits per heavy atom. The van der Waals surface area contributed by atoms with E-state index in [1.54, 1.807) is 0 Å². The molecule has 0 bridgehead atoms. The molecule has 23 heavy (non-hydrogen) atoms. The zero-order chi connectivity index (χ0) is 16.5. The molecule has 0 amide bonds. The van der Waals surface area contributed by atoms with Gasteiger partial charge in [0.05, 0.1) is 6.61 Å². The first-order valence-corrected chi connectivity index (χ1v) is 9.56. The lowest BCUT2D eigenvalue weighted by Crippen LogP contribution is -2.41. The lowest BCUT2D eigenvalue weighted by Gasteiger charge is -2.25. The summed E-state index contributed by atoms with van der Waals surface area (Å²) in [5.41, 5.74) is 0.402. The number of rotatable bonds is 8. The summed E-state index contributed by atoms with van der Waals surface area (Å²) in [6.07, 6.45) is 4.88. The fourth-order valence-corrected chi connectivity index (χ4v) is 3.69. The van der Waals surface area contributed by atoms with Gasteiger partial charge in [-0.15, -0.1) is 0 Å². The Morgan fingerprint density at radius 3 is 2.70 bits per heavy atom. The summed E-state index contributed by atoms with van der Waals surface area (Å²) in [7, 11) is 0. The lowest BCUT2D eigenvalue weighted by atomic mass is 9.87. The molecule has 2 aliphatic heterocycles. The van der Waals surface area contributed by atoms with Gasteiger partial charge in [-0.05, 0) is 52.2 Å². The quantitative estimate of drug-likeness (QED) is 0.422. The third-order valence-corrected chi connectivity index (χ3v) is 5.30. The van der Waals surface area contributed by atoms with E-state index >= 15 is 0 Å². The Kier molecular flexibility index (Phi) is 7.63. The van der Waals surface area contributed by atoms with E-state index in [0.29, 0.717) is 5.41 Å². The van der Waals surface area contributed by atoms with Crippen LogP contribution in [0.1, 0.15) is 46.5 Å². The summed E-state index contributed by atoms with van der Waals surface area (Å²) in [5.74, 6) is 1.11. The SMILES string of the molecule is CCNC(=NCCCCN(CC)CC)N1CCC2(CCOC2)C1. The average molecular weight is 325 g/mol. The Hall–Kier alpha value is -0.810. The molecule has 2 heterocycles. The number of aliphatic imine (C=N–C) groups is 1. The van der Waals surface area contributed by atoms with Crippen LogP contribution in [0.2, 0.25) is 0 Å². The molecular formula is C18H36N4O. The molecule has 2 aliphatic rings. The smallest absolute Gasteiger partial charge is 0.193 e. The van der Waals surface area contributed by atoms with Crippen molar-refractivity contribution in [1.29, 1.82) is 0 Å². The van der Waals surface area contributed by atoms with E-state index in [-0.39, 0.29) is 0 Å². The largest absolute Gasteiger partial charge is 0.381 e. The standard InChI is InChI=1S/C18H36N4O/c1-4-19-17(20-11-7-8-12-21(5-2)6-3)22-13-9-18(15-22)10-14-23-16-18/h4-16H2,1-3H3,(H,19,20). The minimum Gasteiger partial charge on any atom is -0.381 e. The second kappa shape index (κ2) is 9.48. The molecular weight excluding hydrogens is 288 g/mol. The van der Waals surface area contributed by atoms with Crippen molar-refractivity contribution in [2.24, 2.45) is 10.4 Å². The Balaban J connectivity index is 1.76. The van der Waals surface area contributed by atoms with E-state index in [4.69, 9.17) is 9.73 Å². The molecule has 2 fully saturated rings. The summed E-state index contributed by atoms with van der Waals surface area (Å²) in [6.45, 7) is 16.1. The normalized spacial score (nSPS) is 25.0. The van der Waals surface area contributed by atoms with Gasteiger partial charge in [-0.2, -0.15) is 0 Å². The zero-order valence-electron chi connectivity index (χ0n) is 15.4. The van der Waals surface area contributed by atoms with Crippen LogP contribution in [-0.4, -0.2) is 74.8 Å². The van der Waals surface area contributed by atoms with Crippen molar-refractivity contribution in [1.82, 2.24) is 15.1 Å². The van der Waals surface area contributed by atoms with Crippen molar-refractivity contribution in [3.63, 3.8) is 0 Å². The summed E-state index contributed by atoms with van der Waals surface area (Å²) in [4.78, 5) is 9.80. The summed E-state index contributed by atoms with van der Waals surface area (Å²) >= 11 is 0. The molecule has 1 unspecified atom stereocenters. The van der Waals surface area contributed by atoms with E-state index in [9.17, 15) is 0 Å². The van der Waals surface area contributed by atoms with Crippen LogP contribution in [0.5, 0.6) is 0 Å². The van der Waals surface area contributed by atoms with Crippen LogP contribution in [-0.2, 0) is 4.74 Å². The maximum absolute atomic E-state index is 5.64. The molecule has 0 aromatic carbocycles. The Labute approximate surface area is 142 Å². The van der Waals surface area contributed by atoms with E-state index in [2.05, 4.69) is 35.9 Å². The van der Waals surface area contributed by atoms with Crippen LogP contribution in [0.4, 0.5) is 0 Å². The second-order valence-corrected chi connectivity index (χ2v) is 6.94. The van der Waals surface area contributed by atoms with Gasteiger partial charge in [0.2, 0.25) is 0 Å². The number of guanidine groups is 1. The highest BCUT2D eigenvalue weighted by Crippen LogP contribution is 2.38. The Morgan fingerprint density at radius 1 is 1.22 bits per heavy atom. The van der Waals surface area contributed by atoms with Crippen LogP contribution in [0, 0.1) is 5.41 Å². The highest BCUT2D eigenvalue weighted by Gasteiger charge is 2.42. The van der Waals surface area contributed by atoms with Crippen LogP contribution < -0.4 is 5.32 Å². The number of ether oxygens (including phenoxy) is 1. The van der Waals surface area contributed by atoms with Crippen molar-refractivity contribution >= 4 is 5.96 Å². The highest BCUT2D eigenvalue weighted by molar-refractivity contribution is 5.80. The fraction of sp³-hybridized carbons (Fsp3) is 0.944. The lowest BCUT2D eigenvalue weighted by molar-refractivity contribution is 0.156. The number of hydrogen-bond donors (Lipinski definition) is 1. The number of hydrogen-bond acceptors (Lipinski definition) is 3. The first-order valence-electron chi connectivity index (χ1n) is 9.56. The summed E-state index contributed by atoms with van der Waals surface area (Å²) in [5, 5.41) is 3.48. The molecule has 0 saturated carbocycles. The summed E-state index contributed by atoms with van der Waals surface area (Å²) in [6, 6.07) is 0. The fourth-order valence-electron chi connectivity index (χ4n) is 3.69.